The Kier molecular flexibility index (Phi) is 8.12. The van der Waals surface area contributed by atoms with Crippen LogP contribution < -0.4 is 14.8 Å². The number of carbonyl (C=O) groups excluding carboxylic acids is 1. The van der Waals surface area contributed by atoms with Crippen LogP contribution in [-0.4, -0.2) is 17.7 Å². The summed E-state index contributed by atoms with van der Waals surface area (Å²) in [7, 11) is 0. The standard InChI is InChI=1S/C25H19ClFIN2O3S/c1-2-32-21-12-16(11-20(26)23(21)33-14-15-3-7-18(28)8-4-15)13-22-24(31)30-25(34-22)29-19-9-5-17(27)6-10-19/h3-13H,2,14H2,1H3,(H,29,30,31)/b22-13+. The SMILES string of the molecule is CCOc1cc(/C=C2/SC(=Nc3ccc(F)cc3)NC2=O)cc(Cl)c1OCc1ccc(I)cc1. The zero-order chi connectivity index (χ0) is 24.1. The minimum Gasteiger partial charge on any atom is -0.490 e. The molecule has 3 aromatic rings. The van der Waals surface area contributed by atoms with Crippen molar-refractivity contribution in [3.63, 3.8) is 0 Å². The van der Waals surface area contributed by atoms with Crippen LogP contribution in [0.4, 0.5) is 10.1 Å². The van der Waals surface area contributed by atoms with Crippen molar-refractivity contribution >= 4 is 68.8 Å². The number of amides is 1. The first-order chi connectivity index (χ1) is 16.4. The highest BCUT2D eigenvalue weighted by atomic mass is 127. The molecular formula is C25H19ClFIN2O3S. The Balaban J connectivity index is 1.54. The molecule has 34 heavy (non-hydrogen) atoms. The van der Waals surface area contributed by atoms with Crippen LogP contribution in [0, 0.1) is 9.39 Å². The number of halogens is 3. The average Bonchev–Trinajstić information content (AvgIpc) is 3.14. The fourth-order valence-corrected chi connectivity index (χ4v) is 4.55. The molecule has 1 aliphatic rings. The molecule has 1 fully saturated rings. The van der Waals surface area contributed by atoms with Crippen LogP contribution in [0.25, 0.3) is 6.08 Å². The van der Waals surface area contributed by atoms with Crippen LogP contribution >= 0.6 is 46.0 Å². The van der Waals surface area contributed by atoms with Gasteiger partial charge in [-0.3, -0.25) is 4.79 Å². The van der Waals surface area contributed by atoms with Crippen molar-refractivity contribution in [2.24, 2.45) is 4.99 Å². The van der Waals surface area contributed by atoms with E-state index in [0.29, 0.717) is 51.1 Å². The van der Waals surface area contributed by atoms with Crippen molar-refractivity contribution in [1.29, 1.82) is 0 Å². The normalized spacial score (nSPS) is 15.6. The number of aliphatic imine (C=N–C) groups is 1. The van der Waals surface area contributed by atoms with Crippen LogP contribution in [0.2, 0.25) is 5.02 Å². The van der Waals surface area contributed by atoms with Crippen LogP contribution in [0.5, 0.6) is 11.5 Å². The fraction of sp³-hybridized carbons (Fsp3) is 0.120. The molecule has 0 radical (unpaired) electrons. The third-order valence-electron chi connectivity index (χ3n) is 4.63. The van der Waals surface area contributed by atoms with Gasteiger partial charge in [0.15, 0.2) is 16.7 Å². The molecule has 5 nitrogen and oxygen atoms in total. The first-order valence-electron chi connectivity index (χ1n) is 10.3. The molecule has 1 aliphatic heterocycles. The second-order valence-corrected chi connectivity index (χ2v) is 9.82. The predicted octanol–water partition coefficient (Wildman–Crippen LogP) is 6.95. The second-order valence-electron chi connectivity index (χ2n) is 7.14. The number of amidine groups is 1. The number of thioether (sulfide) groups is 1. The third-order valence-corrected chi connectivity index (χ3v) is 6.54. The van der Waals surface area contributed by atoms with Crippen LogP contribution in [0.1, 0.15) is 18.1 Å². The van der Waals surface area contributed by atoms with E-state index in [1.54, 1.807) is 30.3 Å². The Bertz CT molecular complexity index is 1260. The summed E-state index contributed by atoms with van der Waals surface area (Å²) in [4.78, 5) is 17.2. The molecule has 9 heteroatoms. The predicted molar refractivity (Wildman–Crippen MR) is 143 cm³/mol. The maximum atomic E-state index is 13.1. The van der Waals surface area contributed by atoms with Gasteiger partial charge in [0.25, 0.3) is 5.91 Å². The Morgan fingerprint density at radius 3 is 2.56 bits per heavy atom. The Labute approximate surface area is 219 Å². The topological polar surface area (TPSA) is 59.9 Å². The Hall–Kier alpha value is -2.56. The lowest BCUT2D eigenvalue weighted by molar-refractivity contribution is -0.115. The summed E-state index contributed by atoms with van der Waals surface area (Å²) in [6.45, 7) is 2.65. The number of nitrogens with zero attached hydrogens (tertiary/aromatic N) is 1. The number of rotatable bonds is 7. The molecular weight excluding hydrogens is 590 g/mol. The molecule has 0 aliphatic carbocycles. The van der Waals surface area contributed by atoms with Gasteiger partial charge in [0, 0.05) is 3.57 Å². The first kappa shape index (κ1) is 24.6. The molecule has 3 aromatic carbocycles. The summed E-state index contributed by atoms with van der Waals surface area (Å²) >= 11 is 9.98. The van der Waals surface area contributed by atoms with Gasteiger partial charge in [0.05, 0.1) is 22.2 Å². The molecule has 1 amide bonds. The van der Waals surface area contributed by atoms with E-state index in [1.165, 1.54) is 23.9 Å². The van der Waals surface area contributed by atoms with E-state index in [4.69, 9.17) is 21.1 Å². The highest BCUT2D eigenvalue weighted by Gasteiger charge is 2.24. The molecule has 0 bridgehead atoms. The number of hydrogen-bond donors (Lipinski definition) is 1. The van der Waals surface area contributed by atoms with Crippen molar-refractivity contribution in [3.05, 3.63) is 91.1 Å². The maximum Gasteiger partial charge on any atom is 0.264 e. The largest absolute Gasteiger partial charge is 0.490 e. The average molecular weight is 609 g/mol. The van der Waals surface area contributed by atoms with Gasteiger partial charge in [-0.15, -0.1) is 0 Å². The van der Waals surface area contributed by atoms with E-state index < -0.39 is 0 Å². The molecule has 0 saturated carbocycles. The number of nitrogens with one attached hydrogen (secondary N) is 1. The number of hydrogen-bond acceptors (Lipinski definition) is 5. The fourth-order valence-electron chi connectivity index (χ4n) is 3.08. The van der Waals surface area contributed by atoms with Gasteiger partial charge in [-0.1, -0.05) is 23.7 Å². The van der Waals surface area contributed by atoms with Crippen LogP contribution in [0.15, 0.2) is 70.6 Å². The van der Waals surface area contributed by atoms with Crippen molar-refractivity contribution < 1.29 is 18.7 Å². The lowest BCUT2D eigenvalue weighted by Crippen LogP contribution is -2.19. The number of benzene rings is 3. The smallest absolute Gasteiger partial charge is 0.264 e. The Morgan fingerprint density at radius 2 is 1.85 bits per heavy atom. The monoisotopic (exact) mass is 608 g/mol. The van der Waals surface area contributed by atoms with Gasteiger partial charge in [0.1, 0.15) is 12.4 Å². The summed E-state index contributed by atoms with van der Waals surface area (Å²) in [6, 6.07) is 17.2. The zero-order valence-electron chi connectivity index (χ0n) is 18.0. The third kappa shape index (κ3) is 6.31. The van der Waals surface area contributed by atoms with Gasteiger partial charge >= 0.3 is 0 Å². The summed E-state index contributed by atoms with van der Waals surface area (Å²) in [5.74, 6) is 0.321. The molecule has 4 rings (SSSR count). The minimum atomic E-state index is -0.347. The lowest BCUT2D eigenvalue weighted by Gasteiger charge is -2.15. The highest BCUT2D eigenvalue weighted by Crippen LogP contribution is 2.39. The quantitative estimate of drug-likeness (QED) is 0.233. The van der Waals surface area contributed by atoms with E-state index in [9.17, 15) is 9.18 Å². The molecule has 174 valence electrons. The summed E-state index contributed by atoms with van der Waals surface area (Å²) < 4.78 is 26.0. The first-order valence-corrected chi connectivity index (χ1v) is 12.6. The van der Waals surface area contributed by atoms with Gasteiger partial charge in [0.2, 0.25) is 0 Å². The van der Waals surface area contributed by atoms with E-state index >= 15 is 0 Å². The lowest BCUT2D eigenvalue weighted by atomic mass is 10.1. The van der Waals surface area contributed by atoms with E-state index in [-0.39, 0.29) is 11.7 Å². The van der Waals surface area contributed by atoms with E-state index in [2.05, 4.69) is 32.9 Å². The second kappa shape index (κ2) is 11.2. The number of carbonyl (C=O) groups is 1. The highest BCUT2D eigenvalue weighted by molar-refractivity contribution is 14.1. The van der Waals surface area contributed by atoms with Gasteiger partial charge in [-0.05, 0) is 107 Å². The van der Waals surface area contributed by atoms with E-state index in [0.717, 1.165) is 9.13 Å². The zero-order valence-corrected chi connectivity index (χ0v) is 21.7. The van der Waals surface area contributed by atoms with Crippen molar-refractivity contribution in [2.45, 2.75) is 13.5 Å². The summed E-state index contributed by atoms with van der Waals surface area (Å²) in [5.41, 5.74) is 2.25. The van der Waals surface area contributed by atoms with Crippen molar-refractivity contribution in [3.8, 4) is 11.5 Å². The van der Waals surface area contributed by atoms with Crippen LogP contribution in [-0.2, 0) is 11.4 Å². The number of ether oxygens (including phenoxy) is 2. The molecule has 0 aromatic heterocycles. The minimum absolute atomic E-state index is 0.279. The van der Waals surface area contributed by atoms with Crippen molar-refractivity contribution in [1.82, 2.24) is 5.32 Å². The molecule has 0 unspecified atom stereocenters. The van der Waals surface area contributed by atoms with E-state index in [1.807, 2.05) is 31.2 Å². The van der Waals surface area contributed by atoms with Gasteiger partial charge < -0.3 is 14.8 Å². The molecule has 0 spiro atoms. The van der Waals surface area contributed by atoms with Crippen LogP contribution in [0.3, 0.4) is 0 Å². The maximum absolute atomic E-state index is 13.1. The van der Waals surface area contributed by atoms with Gasteiger partial charge in [-0.2, -0.15) is 0 Å². The Morgan fingerprint density at radius 1 is 1.12 bits per heavy atom. The molecule has 0 atom stereocenters. The molecule has 1 N–H and O–H groups in total. The van der Waals surface area contributed by atoms with Gasteiger partial charge in [-0.25, -0.2) is 9.38 Å². The molecule has 1 heterocycles. The van der Waals surface area contributed by atoms with Crippen molar-refractivity contribution in [2.75, 3.05) is 6.61 Å². The summed E-state index contributed by atoms with van der Waals surface area (Å²) in [6.07, 6.45) is 1.71. The summed E-state index contributed by atoms with van der Waals surface area (Å²) in [5, 5.41) is 3.51. The molecule has 1 saturated heterocycles.